The summed E-state index contributed by atoms with van der Waals surface area (Å²) in [4.78, 5) is 25.6. The van der Waals surface area contributed by atoms with Crippen LogP contribution in [0.25, 0.3) is 0 Å². The summed E-state index contributed by atoms with van der Waals surface area (Å²) in [5.41, 5.74) is -0.0209. The second-order valence-electron chi connectivity index (χ2n) is 5.72. The molecular formula is C13H18N2O3. The highest BCUT2D eigenvalue weighted by molar-refractivity contribution is 5.05. The van der Waals surface area contributed by atoms with Gasteiger partial charge in [0.15, 0.2) is 0 Å². The summed E-state index contributed by atoms with van der Waals surface area (Å²) < 4.78 is 1.69. The summed E-state index contributed by atoms with van der Waals surface area (Å²) in [5.74, 6) is 1.41. The first-order chi connectivity index (χ1) is 8.60. The Morgan fingerprint density at radius 1 is 1.33 bits per heavy atom. The predicted molar refractivity (Wildman–Crippen MR) is 66.5 cm³/mol. The summed E-state index contributed by atoms with van der Waals surface area (Å²) in [6, 6.07) is 0.195. The SMILES string of the molecule is Cc1cn([C@H]2C[C@H]3C[C@@H]2C[C@@H]3CO)c(=O)[nH]c1=O. The first kappa shape index (κ1) is 11.7. The molecule has 98 valence electrons. The molecule has 0 saturated heterocycles. The molecule has 0 unspecified atom stereocenters. The van der Waals surface area contributed by atoms with E-state index in [1.54, 1.807) is 17.7 Å². The van der Waals surface area contributed by atoms with Crippen molar-refractivity contribution < 1.29 is 5.11 Å². The van der Waals surface area contributed by atoms with Crippen LogP contribution < -0.4 is 11.2 Å². The largest absolute Gasteiger partial charge is 0.396 e. The molecule has 0 spiro atoms. The number of nitrogens with one attached hydrogen (secondary N) is 1. The van der Waals surface area contributed by atoms with Crippen LogP contribution in [0.2, 0.25) is 0 Å². The number of fused-ring (bicyclic) bond motifs is 2. The van der Waals surface area contributed by atoms with Gasteiger partial charge in [-0.1, -0.05) is 0 Å². The molecule has 2 bridgehead atoms. The Bertz CT molecular complexity index is 574. The minimum absolute atomic E-state index is 0.195. The average molecular weight is 250 g/mol. The van der Waals surface area contributed by atoms with E-state index in [9.17, 15) is 14.7 Å². The summed E-state index contributed by atoms with van der Waals surface area (Å²) >= 11 is 0. The highest BCUT2D eigenvalue weighted by atomic mass is 16.3. The fraction of sp³-hybridized carbons (Fsp3) is 0.692. The quantitative estimate of drug-likeness (QED) is 0.799. The van der Waals surface area contributed by atoms with Crippen molar-refractivity contribution >= 4 is 0 Å². The number of hydrogen-bond donors (Lipinski definition) is 2. The van der Waals surface area contributed by atoms with Crippen LogP contribution in [0.3, 0.4) is 0 Å². The molecule has 3 rings (SSSR count). The van der Waals surface area contributed by atoms with Crippen LogP contribution in [-0.4, -0.2) is 21.3 Å². The van der Waals surface area contributed by atoms with Gasteiger partial charge in [-0.25, -0.2) is 4.79 Å². The van der Waals surface area contributed by atoms with Crippen LogP contribution in [0.15, 0.2) is 15.8 Å². The van der Waals surface area contributed by atoms with Gasteiger partial charge in [-0.15, -0.1) is 0 Å². The molecule has 18 heavy (non-hydrogen) atoms. The Labute approximate surface area is 104 Å². The van der Waals surface area contributed by atoms with Crippen LogP contribution >= 0.6 is 0 Å². The van der Waals surface area contributed by atoms with E-state index < -0.39 is 0 Å². The average Bonchev–Trinajstić information content (AvgIpc) is 2.92. The van der Waals surface area contributed by atoms with E-state index in [2.05, 4.69) is 4.98 Å². The van der Waals surface area contributed by atoms with Gasteiger partial charge in [0.1, 0.15) is 0 Å². The molecule has 1 aromatic rings. The van der Waals surface area contributed by atoms with Gasteiger partial charge in [-0.3, -0.25) is 14.3 Å². The van der Waals surface area contributed by atoms with Crippen molar-refractivity contribution in [1.29, 1.82) is 0 Å². The van der Waals surface area contributed by atoms with Gasteiger partial charge in [-0.05, 0) is 43.9 Å². The van der Waals surface area contributed by atoms with E-state index in [1.807, 2.05) is 0 Å². The van der Waals surface area contributed by atoms with Crippen LogP contribution in [0.1, 0.15) is 30.9 Å². The number of nitrogens with zero attached hydrogens (tertiary/aromatic N) is 1. The van der Waals surface area contributed by atoms with Crippen molar-refractivity contribution in [2.24, 2.45) is 17.8 Å². The molecule has 2 aliphatic carbocycles. The summed E-state index contributed by atoms with van der Waals surface area (Å²) in [7, 11) is 0. The highest BCUT2D eigenvalue weighted by Gasteiger charge is 2.46. The third-order valence-electron chi connectivity index (χ3n) is 4.70. The minimum atomic E-state index is -0.302. The summed E-state index contributed by atoms with van der Waals surface area (Å²) in [5, 5.41) is 9.26. The van der Waals surface area contributed by atoms with E-state index in [-0.39, 0.29) is 23.9 Å². The zero-order valence-corrected chi connectivity index (χ0v) is 10.4. The number of aliphatic hydroxyl groups is 1. The molecule has 0 amide bonds. The topological polar surface area (TPSA) is 75.1 Å². The van der Waals surface area contributed by atoms with Gasteiger partial charge < -0.3 is 5.11 Å². The maximum Gasteiger partial charge on any atom is 0.328 e. The van der Waals surface area contributed by atoms with E-state index in [1.165, 1.54) is 0 Å². The molecule has 2 aliphatic rings. The molecule has 0 radical (unpaired) electrons. The minimum Gasteiger partial charge on any atom is -0.396 e. The zero-order valence-electron chi connectivity index (χ0n) is 10.4. The Kier molecular flexibility index (Phi) is 2.66. The van der Waals surface area contributed by atoms with Crippen molar-refractivity contribution in [3.05, 3.63) is 32.6 Å². The van der Waals surface area contributed by atoms with Crippen LogP contribution in [0.4, 0.5) is 0 Å². The van der Waals surface area contributed by atoms with Crippen molar-refractivity contribution in [3.63, 3.8) is 0 Å². The normalized spacial score (nSPS) is 34.1. The van der Waals surface area contributed by atoms with E-state index >= 15 is 0 Å². The summed E-state index contributed by atoms with van der Waals surface area (Å²) in [6.45, 7) is 1.98. The third-order valence-corrected chi connectivity index (χ3v) is 4.70. The number of hydrogen-bond acceptors (Lipinski definition) is 3. The van der Waals surface area contributed by atoms with E-state index in [4.69, 9.17) is 0 Å². The fourth-order valence-electron chi connectivity index (χ4n) is 3.76. The standard InChI is InChI=1S/C13H18N2O3/c1-7-5-15(13(18)14-12(7)17)11-4-8-2-9(11)3-10(8)6-16/h5,8-11,16H,2-4,6H2,1H3,(H,14,17,18)/t8-,9-,10-,11+/m1/s1. The molecule has 2 fully saturated rings. The Balaban J connectivity index is 1.93. The highest BCUT2D eigenvalue weighted by Crippen LogP contribution is 2.53. The number of rotatable bonds is 2. The van der Waals surface area contributed by atoms with Gasteiger partial charge >= 0.3 is 5.69 Å². The molecule has 4 atom stereocenters. The monoisotopic (exact) mass is 250 g/mol. The molecule has 1 heterocycles. The lowest BCUT2D eigenvalue weighted by molar-refractivity contribution is 0.156. The second kappa shape index (κ2) is 4.09. The molecule has 5 heteroatoms. The van der Waals surface area contributed by atoms with Gasteiger partial charge in [-0.2, -0.15) is 0 Å². The van der Waals surface area contributed by atoms with E-state index in [0.717, 1.165) is 19.3 Å². The van der Waals surface area contributed by atoms with Crippen molar-refractivity contribution in [3.8, 4) is 0 Å². The Morgan fingerprint density at radius 3 is 2.72 bits per heavy atom. The van der Waals surface area contributed by atoms with Crippen molar-refractivity contribution in [2.75, 3.05) is 6.61 Å². The molecule has 2 N–H and O–H groups in total. The van der Waals surface area contributed by atoms with Gasteiger partial charge in [0.25, 0.3) is 5.56 Å². The van der Waals surface area contributed by atoms with Crippen molar-refractivity contribution in [1.82, 2.24) is 9.55 Å². The molecule has 5 nitrogen and oxygen atoms in total. The first-order valence-electron chi connectivity index (χ1n) is 6.53. The third kappa shape index (κ3) is 1.65. The van der Waals surface area contributed by atoms with E-state index in [0.29, 0.717) is 23.3 Å². The molecular weight excluding hydrogens is 232 g/mol. The van der Waals surface area contributed by atoms with Crippen LogP contribution in [0, 0.1) is 24.7 Å². The number of aryl methyl sites for hydroxylation is 1. The number of aromatic nitrogens is 2. The maximum atomic E-state index is 11.9. The second-order valence-corrected chi connectivity index (χ2v) is 5.72. The lowest BCUT2D eigenvalue weighted by Crippen LogP contribution is -2.36. The van der Waals surface area contributed by atoms with Gasteiger partial charge in [0.05, 0.1) is 0 Å². The van der Waals surface area contributed by atoms with Crippen molar-refractivity contribution in [2.45, 2.75) is 32.2 Å². The van der Waals surface area contributed by atoms with Crippen LogP contribution in [-0.2, 0) is 0 Å². The molecule has 0 aromatic carbocycles. The lowest BCUT2D eigenvalue weighted by Gasteiger charge is -2.28. The fourth-order valence-corrected chi connectivity index (χ4v) is 3.76. The maximum absolute atomic E-state index is 11.9. The Morgan fingerprint density at radius 2 is 2.11 bits per heavy atom. The molecule has 0 aliphatic heterocycles. The number of aromatic amines is 1. The van der Waals surface area contributed by atoms with Crippen LogP contribution in [0.5, 0.6) is 0 Å². The number of H-pyrrole nitrogens is 1. The Hall–Kier alpha value is -1.36. The molecule has 1 aromatic heterocycles. The summed E-state index contributed by atoms with van der Waals surface area (Å²) in [6.07, 6.45) is 4.72. The zero-order chi connectivity index (χ0) is 12.9. The smallest absolute Gasteiger partial charge is 0.328 e. The number of aliphatic hydroxyl groups excluding tert-OH is 1. The first-order valence-corrected chi connectivity index (χ1v) is 6.53. The predicted octanol–water partition coefficient (Wildman–Crippen LogP) is 0.425. The molecule has 2 saturated carbocycles. The lowest BCUT2D eigenvalue weighted by atomic mass is 9.86. The van der Waals surface area contributed by atoms with Gasteiger partial charge in [0, 0.05) is 24.4 Å². The van der Waals surface area contributed by atoms with Gasteiger partial charge in [0.2, 0.25) is 0 Å².